The molecule has 1 aromatic carbocycles. The molecule has 0 aliphatic carbocycles. The molecular weight excluding hydrogens is 213 g/mol. The van der Waals surface area contributed by atoms with Crippen molar-refractivity contribution in [2.45, 2.75) is 11.6 Å². The van der Waals surface area contributed by atoms with Crippen LogP contribution in [0.5, 0.6) is 0 Å². The number of fused-ring (bicyclic) bond motifs is 1. The van der Waals surface area contributed by atoms with Crippen LogP contribution in [0.4, 0.5) is 4.39 Å². The van der Waals surface area contributed by atoms with Gasteiger partial charge in [-0.25, -0.2) is 9.37 Å². The number of aromatic amines is 1. The molecule has 0 unspecified atom stereocenters. The van der Waals surface area contributed by atoms with E-state index in [4.69, 9.17) is 5.26 Å². The topological polar surface area (TPSA) is 52.5 Å². The third-order valence-corrected chi connectivity index (χ3v) is 2.75. The molecule has 0 spiro atoms. The highest BCUT2D eigenvalue weighted by Crippen LogP contribution is 2.20. The average molecular weight is 221 g/mol. The zero-order chi connectivity index (χ0) is 10.7. The number of aromatic nitrogens is 2. The second-order valence-electron chi connectivity index (χ2n) is 2.96. The number of nitrogens with zero attached hydrogens (tertiary/aromatic N) is 2. The van der Waals surface area contributed by atoms with Crippen LogP contribution in [0.3, 0.4) is 0 Å². The fourth-order valence-electron chi connectivity index (χ4n) is 1.22. The van der Waals surface area contributed by atoms with E-state index < -0.39 is 0 Å². The lowest BCUT2D eigenvalue weighted by Crippen LogP contribution is -1.78. The van der Waals surface area contributed by atoms with Gasteiger partial charge < -0.3 is 4.98 Å². The normalized spacial score (nSPS) is 10.4. The summed E-state index contributed by atoms with van der Waals surface area (Å²) in [6, 6.07) is 6.49. The molecule has 1 N–H and O–H groups in total. The molecule has 2 aromatic rings. The van der Waals surface area contributed by atoms with Crippen molar-refractivity contribution in [3.05, 3.63) is 24.0 Å². The maximum atomic E-state index is 12.9. The van der Waals surface area contributed by atoms with E-state index in [2.05, 4.69) is 16.0 Å². The fourth-order valence-corrected chi connectivity index (χ4v) is 1.95. The average Bonchev–Trinajstić information content (AvgIpc) is 2.60. The van der Waals surface area contributed by atoms with Crippen LogP contribution in [-0.2, 0) is 0 Å². The van der Waals surface area contributed by atoms with Gasteiger partial charge >= 0.3 is 0 Å². The second kappa shape index (κ2) is 4.32. The summed E-state index contributed by atoms with van der Waals surface area (Å²) in [7, 11) is 0. The van der Waals surface area contributed by atoms with Crippen molar-refractivity contribution >= 4 is 22.8 Å². The number of hydrogen-bond acceptors (Lipinski definition) is 3. The Bertz CT molecular complexity index is 515. The maximum absolute atomic E-state index is 12.9. The molecule has 1 aromatic heterocycles. The number of thioether (sulfide) groups is 1. The Hall–Kier alpha value is -1.54. The monoisotopic (exact) mass is 221 g/mol. The molecule has 0 saturated carbocycles. The van der Waals surface area contributed by atoms with Crippen LogP contribution < -0.4 is 0 Å². The third kappa shape index (κ3) is 2.28. The van der Waals surface area contributed by atoms with Crippen LogP contribution in [0.1, 0.15) is 6.42 Å². The Balaban J connectivity index is 2.20. The van der Waals surface area contributed by atoms with Gasteiger partial charge in [0.05, 0.1) is 17.1 Å². The molecule has 0 aliphatic rings. The SMILES string of the molecule is N#CCCSc1nc2ccc(F)cc2[nH]1. The standard InChI is InChI=1S/C10H8FN3S/c11-7-2-3-8-9(6-7)14-10(13-8)15-5-1-4-12/h2-3,6H,1,5H2,(H,13,14). The highest BCUT2D eigenvalue weighted by molar-refractivity contribution is 7.99. The third-order valence-electron chi connectivity index (χ3n) is 1.87. The Morgan fingerprint density at radius 3 is 3.20 bits per heavy atom. The number of rotatable bonds is 3. The van der Waals surface area contributed by atoms with Gasteiger partial charge in [-0.05, 0) is 18.2 Å². The van der Waals surface area contributed by atoms with Crippen LogP contribution in [0, 0.1) is 17.1 Å². The summed E-state index contributed by atoms with van der Waals surface area (Å²) in [4.78, 5) is 7.25. The molecule has 0 aliphatic heterocycles. The molecule has 0 saturated heterocycles. The van der Waals surface area contributed by atoms with E-state index in [0.29, 0.717) is 17.7 Å². The summed E-state index contributed by atoms with van der Waals surface area (Å²) in [5.74, 6) is 0.415. The Kier molecular flexibility index (Phi) is 2.88. The number of hydrogen-bond donors (Lipinski definition) is 1. The zero-order valence-corrected chi connectivity index (χ0v) is 8.64. The largest absolute Gasteiger partial charge is 0.333 e. The zero-order valence-electron chi connectivity index (χ0n) is 7.83. The lowest BCUT2D eigenvalue weighted by molar-refractivity contribution is 0.629. The fraction of sp³-hybridized carbons (Fsp3) is 0.200. The molecule has 0 atom stereocenters. The summed E-state index contributed by atoms with van der Waals surface area (Å²) in [6.07, 6.45) is 0.482. The minimum Gasteiger partial charge on any atom is -0.333 e. The molecule has 0 fully saturated rings. The number of benzene rings is 1. The highest BCUT2D eigenvalue weighted by atomic mass is 32.2. The van der Waals surface area contributed by atoms with Crippen LogP contribution in [-0.4, -0.2) is 15.7 Å². The smallest absolute Gasteiger partial charge is 0.166 e. The summed E-state index contributed by atoms with van der Waals surface area (Å²) < 4.78 is 12.9. The van der Waals surface area contributed by atoms with Crippen molar-refractivity contribution in [2.75, 3.05) is 5.75 Å². The van der Waals surface area contributed by atoms with Gasteiger partial charge in [-0.1, -0.05) is 11.8 Å². The van der Waals surface area contributed by atoms with Crippen LogP contribution >= 0.6 is 11.8 Å². The van der Waals surface area contributed by atoms with Gasteiger partial charge in [0, 0.05) is 12.2 Å². The Morgan fingerprint density at radius 1 is 1.53 bits per heavy atom. The maximum Gasteiger partial charge on any atom is 0.166 e. The first-order valence-corrected chi connectivity index (χ1v) is 5.43. The predicted molar refractivity (Wildman–Crippen MR) is 57.0 cm³/mol. The van der Waals surface area contributed by atoms with Gasteiger partial charge in [0.25, 0.3) is 0 Å². The van der Waals surface area contributed by atoms with Gasteiger partial charge in [0.1, 0.15) is 5.82 Å². The van der Waals surface area contributed by atoms with Crippen molar-refractivity contribution in [3.8, 4) is 6.07 Å². The Morgan fingerprint density at radius 2 is 2.40 bits per heavy atom. The quantitative estimate of drug-likeness (QED) is 0.640. The van der Waals surface area contributed by atoms with E-state index in [1.807, 2.05) is 0 Å². The summed E-state index contributed by atoms with van der Waals surface area (Å²) >= 11 is 1.46. The van der Waals surface area contributed by atoms with E-state index in [-0.39, 0.29) is 5.82 Å². The van der Waals surface area contributed by atoms with Gasteiger partial charge in [0.15, 0.2) is 5.16 Å². The minimum atomic E-state index is -0.278. The molecule has 0 amide bonds. The van der Waals surface area contributed by atoms with Crippen molar-refractivity contribution in [1.29, 1.82) is 5.26 Å². The van der Waals surface area contributed by atoms with Crippen molar-refractivity contribution in [2.24, 2.45) is 0 Å². The molecule has 2 rings (SSSR count). The first kappa shape index (κ1) is 9.99. The van der Waals surface area contributed by atoms with Crippen molar-refractivity contribution in [1.82, 2.24) is 9.97 Å². The van der Waals surface area contributed by atoms with Crippen LogP contribution in [0.2, 0.25) is 0 Å². The molecule has 0 bridgehead atoms. The lowest BCUT2D eigenvalue weighted by Gasteiger charge is -1.89. The van der Waals surface area contributed by atoms with Crippen LogP contribution in [0.15, 0.2) is 23.4 Å². The number of nitrogens with one attached hydrogen (secondary N) is 1. The molecule has 0 radical (unpaired) electrons. The first-order valence-electron chi connectivity index (χ1n) is 4.44. The van der Waals surface area contributed by atoms with Crippen LogP contribution in [0.25, 0.3) is 11.0 Å². The number of nitriles is 1. The van der Waals surface area contributed by atoms with Crippen molar-refractivity contribution in [3.63, 3.8) is 0 Å². The molecule has 1 heterocycles. The van der Waals surface area contributed by atoms with Gasteiger partial charge in [-0.15, -0.1) is 0 Å². The molecular formula is C10H8FN3S. The number of H-pyrrole nitrogens is 1. The minimum absolute atomic E-state index is 0.278. The summed E-state index contributed by atoms with van der Waals surface area (Å²) in [5, 5.41) is 9.10. The van der Waals surface area contributed by atoms with Gasteiger partial charge in [-0.3, -0.25) is 0 Å². The van der Waals surface area contributed by atoms with E-state index in [1.165, 1.54) is 23.9 Å². The van der Waals surface area contributed by atoms with E-state index in [0.717, 1.165) is 10.7 Å². The molecule has 3 nitrogen and oxygen atoms in total. The van der Waals surface area contributed by atoms with Gasteiger partial charge in [0.2, 0.25) is 0 Å². The van der Waals surface area contributed by atoms with E-state index in [9.17, 15) is 4.39 Å². The molecule has 15 heavy (non-hydrogen) atoms. The first-order chi connectivity index (χ1) is 7.29. The second-order valence-corrected chi connectivity index (χ2v) is 4.04. The summed E-state index contributed by atoms with van der Waals surface area (Å²) in [5.41, 5.74) is 1.44. The van der Waals surface area contributed by atoms with E-state index >= 15 is 0 Å². The number of halogens is 1. The lowest BCUT2D eigenvalue weighted by atomic mass is 10.3. The highest BCUT2D eigenvalue weighted by Gasteiger charge is 2.03. The van der Waals surface area contributed by atoms with Crippen molar-refractivity contribution < 1.29 is 4.39 Å². The molecule has 76 valence electrons. The Labute approximate surface area is 90.3 Å². The van der Waals surface area contributed by atoms with E-state index in [1.54, 1.807) is 6.07 Å². The molecule has 5 heteroatoms. The number of imidazole rings is 1. The predicted octanol–water partition coefficient (Wildman–Crippen LogP) is 2.71. The van der Waals surface area contributed by atoms with Gasteiger partial charge in [-0.2, -0.15) is 5.26 Å². The summed E-state index contributed by atoms with van der Waals surface area (Å²) in [6.45, 7) is 0.